The Hall–Kier alpha value is -1.84. The van der Waals surface area contributed by atoms with E-state index in [1.165, 1.54) is 0 Å². The lowest BCUT2D eigenvalue weighted by molar-refractivity contribution is -0.356. The molecule has 0 radical (unpaired) electrons. The highest BCUT2D eigenvalue weighted by molar-refractivity contribution is 5.78. The van der Waals surface area contributed by atoms with Crippen LogP contribution in [0.3, 0.4) is 0 Å². The summed E-state index contributed by atoms with van der Waals surface area (Å²) in [4.78, 5) is 14.1. The van der Waals surface area contributed by atoms with Gasteiger partial charge in [0.15, 0.2) is 0 Å². The number of guanidine groups is 1. The number of rotatable bonds is 3. The topological polar surface area (TPSA) is 83.1 Å². The molecule has 1 aromatic rings. The zero-order valence-corrected chi connectivity index (χ0v) is 11.5. The first kappa shape index (κ1) is 14.2. The van der Waals surface area contributed by atoms with E-state index >= 15 is 0 Å². The Morgan fingerprint density at radius 3 is 2.28 bits per heavy atom. The zero-order chi connectivity index (χ0) is 13.9. The van der Waals surface area contributed by atoms with Crippen LogP contribution in [-0.2, 0) is 16.6 Å². The van der Waals surface area contributed by atoms with E-state index in [1.807, 2.05) is 12.1 Å². The van der Waals surface area contributed by atoms with Gasteiger partial charge >= 0.3 is 5.96 Å². The Morgan fingerprint density at radius 2 is 1.83 bits per heavy atom. The quantitative estimate of drug-likeness (QED) is 0.524. The van der Waals surface area contributed by atoms with E-state index in [4.69, 9.17) is 11.5 Å². The standard InChI is InChI=1S/C14H21N3O/c1-9(18)5-10-6-11(14(2,3)4)8-12(7-10)17-13(15)16/h6-8H,5H2,1-4H3,(H4,15,16,17)/p+1. The van der Waals surface area contributed by atoms with Crippen molar-refractivity contribution in [3.05, 3.63) is 29.3 Å². The number of carbonyl (C=O) groups excluding carboxylic acids is 1. The fourth-order valence-electron chi connectivity index (χ4n) is 1.75. The molecule has 0 saturated carbocycles. The molecular formula is C14H22N3O+. The first-order valence-corrected chi connectivity index (χ1v) is 5.97. The molecule has 0 spiro atoms. The van der Waals surface area contributed by atoms with Gasteiger partial charge in [0.2, 0.25) is 0 Å². The number of benzene rings is 1. The largest absolute Gasteiger partial charge is 0.343 e. The molecule has 0 fully saturated rings. The van der Waals surface area contributed by atoms with Gasteiger partial charge in [-0.2, -0.15) is 0 Å². The first-order chi connectivity index (χ1) is 8.18. The first-order valence-electron chi connectivity index (χ1n) is 5.97. The van der Waals surface area contributed by atoms with Gasteiger partial charge in [-0.25, -0.2) is 4.99 Å². The van der Waals surface area contributed by atoms with E-state index in [2.05, 4.69) is 31.8 Å². The Balaban J connectivity index is 3.28. The maximum atomic E-state index is 11.2. The minimum absolute atomic E-state index is 0.00654. The molecule has 18 heavy (non-hydrogen) atoms. The molecule has 1 aromatic carbocycles. The molecule has 0 aliphatic heterocycles. The predicted molar refractivity (Wildman–Crippen MR) is 73.5 cm³/mol. The SMILES string of the molecule is CC(=O)Cc1cc([NH+]=C(N)N)cc(C(C)(C)C)c1. The molecule has 0 saturated heterocycles. The minimum atomic E-state index is 0.00654. The molecule has 0 atom stereocenters. The van der Waals surface area contributed by atoms with Gasteiger partial charge in [0.1, 0.15) is 5.78 Å². The highest BCUT2D eigenvalue weighted by atomic mass is 16.1. The number of hydrogen-bond acceptors (Lipinski definition) is 1. The molecule has 5 N–H and O–H groups in total. The molecule has 0 aliphatic rings. The second kappa shape index (κ2) is 5.21. The third-order valence-corrected chi connectivity index (χ3v) is 2.60. The van der Waals surface area contributed by atoms with Gasteiger partial charge in [0.05, 0.1) is 5.69 Å². The average molecular weight is 248 g/mol. The Bertz CT molecular complexity index is 480. The maximum absolute atomic E-state index is 11.2. The molecule has 98 valence electrons. The van der Waals surface area contributed by atoms with Crippen LogP contribution in [0.25, 0.3) is 0 Å². The normalized spacial score (nSPS) is 11.1. The summed E-state index contributed by atoms with van der Waals surface area (Å²) < 4.78 is 0. The van der Waals surface area contributed by atoms with E-state index in [0.717, 1.165) is 16.8 Å². The van der Waals surface area contributed by atoms with E-state index in [1.54, 1.807) is 6.92 Å². The third kappa shape index (κ3) is 4.20. The van der Waals surface area contributed by atoms with Gasteiger partial charge in [-0.3, -0.25) is 16.3 Å². The molecule has 0 amide bonds. The van der Waals surface area contributed by atoms with Crippen LogP contribution in [0.4, 0.5) is 5.69 Å². The summed E-state index contributed by atoms with van der Waals surface area (Å²) in [6.45, 7) is 7.96. The number of Topliss-reactive ketones (excluding diaryl/α,β-unsaturated/α-hetero) is 1. The highest BCUT2D eigenvalue weighted by Gasteiger charge is 2.16. The van der Waals surface area contributed by atoms with Crippen molar-refractivity contribution in [3.63, 3.8) is 0 Å². The van der Waals surface area contributed by atoms with Crippen LogP contribution in [0, 0.1) is 0 Å². The second-order valence-electron chi connectivity index (χ2n) is 5.63. The smallest absolute Gasteiger partial charge is 0.300 e. The minimum Gasteiger partial charge on any atom is -0.300 e. The molecule has 0 bridgehead atoms. The monoisotopic (exact) mass is 248 g/mol. The summed E-state index contributed by atoms with van der Waals surface area (Å²) >= 11 is 0. The van der Waals surface area contributed by atoms with Crippen molar-refractivity contribution in [1.29, 1.82) is 0 Å². The number of carbonyl (C=O) groups is 1. The molecule has 1 rings (SSSR count). The predicted octanol–water partition coefficient (Wildman–Crippen LogP) is 0.101. The van der Waals surface area contributed by atoms with Crippen LogP contribution < -0.4 is 16.5 Å². The van der Waals surface area contributed by atoms with Crippen molar-refractivity contribution in [2.75, 3.05) is 0 Å². The van der Waals surface area contributed by atoms with Crippen molar-refractivity contribution >= 4 is 17.4 Å². The lowest BCUT2D eigenvalue weighted by atomic mass is 9.85. The van der Waals surface area contributed by atoms with Gasteiger partial charge < -0.3 is 0 Å². The van der Waals surface area contributed by atoms with Crippen molar-refractivity contribution in [1.82, 2.24) is 0 Å². The number of hydrogen-bond donors (Lipinski definition) is 3. The van der Waals surface area contributed by atoms with Gasteiger partial charge in [-0.15, -0.1) is 0 Å². The second-order valence-corrected chi connectivity index (χ2v) is 5.63. The number of ketones is 1. The van der Waals surface area contributed by atoms with Crippen LogP contribution in [0.2, 0.25) is 0 Å². The maximum Gasteiger partial charge on any atom is 0.343 e. The van der Waals surface area contributed by atoms with Crippen LogP contribution in [0.1, 0.15) is 38.8 Å². The van der Waals surface area contributed by atoms with Crippen LogP contribution in [-0.4, -0.2) is 11.7 Å². The van der Waals surface area contributed by atoms with Crippen LogP contribution in [0.15, 0.2) is 18.2 Å². The Morgan fingerprint density at radius 1 is 1.22 bits per heavy atom. The third-order valence-electron chi connectivity index (χ3n) is 2.60. The van der Waals surface area contributed by atoms with Gasteiger partial charge in [0, 0.05) is 6.42 Å². The van der Waals surface area contributed by atoms with Crippen molar-refractivity contribution in [2.45, 2.75) is 39.5 Å². The van der Waals surface area contributed by atoms with Crippen LogP contribution in [0.5, 0.6) is 0 Å². The number of nitrogens with two attached hydrogens (primary N) is 2. The van der Waals surface area contributed by atoms with E-state index in [0.29, 0.717) is 6.42 Å². The van der Waals surface area contributed by atoms with E-state index in [-0.39, 0.29) is 17.2 Å². The van der Waals surface area contributed by atoms with Crippen molar-refractivity contribution in [3.8, 4) is 0 Å². The Labute approximate surface area is 108 Å². The number of nitrogens with one attached hydrogen (secondary N) is 1. The zero-order valence-electron chi connectivity index (χ0n) is 11.5. The lowest BCUT2D eigenvalue weighted by Crippen LogP contribution is -2.72. The Kier molecular flexibility index (Phi) is 4.11. The lowest BCUT2D eigenvalue weighted by Gasteiger charge is -2.20. The fraction of sp³-hybridized carbons (Fsp3) is 0.429. The van der Waals surface area contributed by atoms with Crippen molar-refractivity contribution in [2.24, 2.45) is 11.5 Å². The summed E-state index contributed by atoms with van der Waals surface area (Å²) in [7, 11) is 0. The van der Waals surface area contributed by atoms with Gasteiger partial charge in [0.25, 0.3) is 0 Å². The molecule has 4 heteroatoms. The summed E-state index contributed by atoms with van der Waals surface area (Å²) in [6.07, 6.45) is 0.420. The highest BCUT2D eigenvalue weighted by Crippen LogP contribution is 2.25. The van der Waals surface area contributed by atoms with Gasteiger partial charge in [-0.05, 0) is 35.6 Å². The summed E-state index contributed by atoms with van der Waals surface area (Å²) in [5, 5.41) is 0. The summed E-state index contributed by atoms with van der Waals surface area (Å²) in [6, 6.07) is 5.96. The average Bonchev–Trinajstić information content (AvgIpc) is 2.13. The molecule has 0 unspecified atom stereocenters. The molecule has 0 aliphatic carbocycles. The summed E-state index contributed by atoms with van der Waals surface area (Å²) in [5.74, 6) is 0.284. The van der Waals surface area contributed by atoms with E-state index < -0.39 is 0 Å². The molecule has 0 heterocycles. The van der Waals surface area contributed by atoms with Crippen LogP contribution >= 0.6 is 0 Å². The molecule has 4 nitrogen and oxygen atoms in total. The van der Waals surface area contributed by atoms with Gasteiger partial charge in [-0.1, -0.05) is 26.8 Å². The molecular weight excluding hydrogens is 226 g/mol. The molecule has 0 aromatic heterocycles. The summed E-state index contributed by atoms with van der Waals surface area (Å²) in [5.41, 5.74) is 13.8. The van der Waals surface area contributed by atoms with Crippen molar-refractivity contribution < 1.29 is 9.79 Å². The van der Waals surface area contributed by atoms with E-state index in [9.17, 15) is 4.79 Å². The fourth-order valence-corrected chi connectivity index (χ4v) is 1.75.